The van der Waals surface area contributed by atoms with Crippen LogP contribution in [0.4, 0.5) is 8.78 Å². The van der Waals surface area contributed by atoms with Crippen LogP contribution in [0.1, 0.15) is 22.3 Å². The Balaban J connectivity index is 1.43. The Morgan fingerprint density at radius 3 is 1.12 bits per heavy atom. The highest BCUT2D eigenvalue weighted by atomic mass is 19.1. The molecule has 0 heterocycles. The van der Waals surface area contributed by atoms with E-state index in [1.165, 1.54) is 45.8 Å². The molecule has 0 bridgehead atoms. The number of rotatable bonds is 4. The standard InChI is InChI=1S/C30H20F2/c31-27-13-5-21(6-14-27)1-3-23-9-17-29-25(19-23)11-12-26-20-24(10-18-30(26)29)4-2-22-7-15-28(32)16-8-22/h1-20H. The molecule has 5 aromatic rings. The third-order valence-corrected chi connectivity index (χ3v) is 5.56. The Kier molecular flexibility index (Phi) is 5.35. The lowest BCUT2D eigenvalue weighted by atomic mass is 9.98. The summed E-state index contributed by atoms with van der Waals surface area (Å²) in [6.45, 7) is 0. The van der Waals surface area contributed by atoms with E-state index in [1.54, 1.807) is 24.3 Å². The molecule has 0 amide bonds. The normalized spacial score (nSPS) is 11.8. The van der Waals surface area contributed by atoms with Crippen LogP contribution in [0, 0.1) is 11.6 Å². The Morgan fingerprint density at radius 1 is 0.375 bits per heavy atom. The summed E-state index contributed by atoms with van der Waals surface area (Å²) in [7, 11) is 0. The highest BCUT2D eigenvalue weighted by Gasteiger charge is 2.02. The van der Waals surface area contributed by atoms with E-state index in [2.05, 4.69) is 48.5 Å². The van der Waals surface area contributed by atoms with Crippen LogP contribution < -0.4 is 0 Å². The number of halogens is 2. The predicted octanol–water partition coefficient (Wildman–Crippen LogP) is 8.61. The molecule has 0 aromatic heterocycles. The third-order valence-electron chi connectivity index (χ3n) is 5.56. The third kappa shape index (κ3) is 4.35. The smallest absolute Gasteiger partial charge is 0.123 e. The summed E-state index contributed by atoms with van der Waals surface area (Å²) in [5.41, 5.74) is 4.12. The molecular formula is C30H20F2. The van der Waals surface area contributed by atoms with Gasteiger partial charge in [-0.2, -0.15) is 0 Å². The van der Waals surface area contributed by atoms with Crippen LogP contribution in [0.25, 0.3) is 45.8 Å². The van der Waals surface area contributed by atoms with Gasteiger partial charge >= 0.3 is 0 Å². The van der Waals surface area contributed by atoms with Gasteiger partial charge in [0, 0.05) is 0 Å². The molecule has 0 N–H and O–H groups in total. The fourth-order valence-electron chi connectivity index (χ4n) is 3.85. The van der Waals surface area contributed by atoms with Crippen LogP contribution in [0.3, 0.4) is 0 Å². The van der Waals surface area contributed by atoms with E-state index in [-0.39, 0.29) is 11.6 Å². The molecule has 0 spiro atoms. The summed E-state index contributed by atoms with van der Waals surface area (Å²) >= 11 is 0. The summed E-state index contributed by atoms with van der Waals surface area (Å²) in [5.74, 6) is -0.456. The summed E-state index contributed by atoms with van der Waals surface area (Å²) < 4.78 is 26.1. The molecule has 0 unspecified atom stereocenters. The Bertz CT molecular complexity index is 1340. The zero-order chi connectivity index (χ0) is 21.9. The molecule has 0 nitrogen and oxygen atoms in total. The van der Waals surface area contributed by atoms with Crippen molar-refractivity contribution >= 4 is 45.8 Å². The predicted molar refractivity (Wildman–Crippen MR) is 132 cm³/mol. The first kappa shape index (κ1) is 19.9. The van der Waals surface area contributed by atoms with E-state index >= 15 is 0 Å². The van der Waals surface area contributed by atoms with Crippen LogP contribution in [-0.4, -0.2) is 0 Å². The Morgan fingerprint density at radius 2 is 0.719 bits per heavy atom. The van der Waals surface area contributed by atoms with Gasteiger partial charge in [0.15, 0.2) is 0 Å². The second-order valence-electron chi connectivity index (χ2n) is 7.80. The van der Waals surface area contributed by atoms with Crippen molar-refractivity contribution in [2.75, 3.05) is 0 Å². The molecule has 5 rings (SSSR count). The van der Waals surface area contributed by atoms with Gasteiger partial charge in [-0.15, -0.1) is 0 Å². The van der Waals surface area contributed by atoms with E-state index in [1.807, 2.05) is 24.3 Å². The quantitative estimate of drug-likeness (QED) is 0.202. The van der Waals surface area contributed by atoms with Crippen molar-refractivity contribution < 1.29 is 8.78 Å². The van der Waals surface area contributed by atoms with Gasteiger partial charge in [0.05, 0.1) is 0 Å². The largest absolute Gasteiger partial charge is 0.207 e. The fraction of sp³-hybridized carbons (Fsp3) is 0. The zero-order valence-corrected chi connectivity index (χ0v) is 17.3. The number of hydrogen-bond donors (Lipinski definition) is 0. The van der Waals surface area contributed by atoms with Crippen LogP contribution in [0.15, 0.2) is 97.1 Å². The second kappa shape index (κ2) is 8.60. The van der Waals surface area contributed by atoms with Crippen LogP contribution >= 0.6 is 0 Å². The zero-order valence-electron chi connectivity index (χ0n) is 17.3. The SMILES string of the molecule is Fc1ccc(C=Cc2ccc3c(ccc4cc(C=Cc5ccc(F)cc5)ccc43)c2)cc1. The highest BCUT2D eigenvalue weighted by Crippen LogP contribution is 2.28. The molecule has 5 aromatic carbocycles. The maximum atomic E-state index is 13.1. The summed E-state index contributed by atoms with van der Waals surface area (Å²) in [5, 5.41) is 4.76. The second-order valence-corrected chi connectivity index (χ2v) is 7.80. The minimum Gasteiger partial charge on any atom is -0.207 e. The van der Waals surface area contributed by atoms with Crippen molar-refractivity contribution in [2.45, 2.75) is 0 Å². The van der Waals surface area contributed by atoms with Gasteiger partial charge in [-0.25, -0.2) is 8.78 Å². The molecule has 0 aliphatic rings. The number of fused-ring (bicyclic) bond motifs is 3. The molecule has 2 heteroatoms. The van der Waals surface area contributed by atoms with Gasteiger partial charge in [-0.05, 0) is 80.2 Å². The number of benzene rings is 5. The Labute approximate surface area is 185 Å². The minimum atomic E-state index is -0.228. The first-order chi connectivity index (χ1) is 15.6. The Hall–Kier alpha value is -4.04. The van der Waals surface area contributed by atoms with Crippen LogP contribution in [-0.2, 0) is 0 Å². The maximum Gasteiger partial charge on any atom is 0.123 e. The average molecular weight is 418 g/mol. The molecule has 0 saturated carbocycles. The van der Waals surface area contributed by atoms with Crippen LogP contribution in [0.2, 0.25) is 0 Å². The molecule has 0 radical (unpaired) electrons. The monoisotopic (exact) mass is 418 g/mol. The van der Waals surface area contributed by atoms with Gasteiger partial charge in [-0.1, -0.05) is 85.0 Å². The first-order valence-corrected chi connectivity index (χ1v) is 10.5. The van der Waals surface area contributed by atoms with Crippen LogP contribution in [0.5, 0.6) is 0 Å². The molecule has 154 valence electrons. The van der Waals surface area contributed by atoms with Gasteiger partial charge < -0.3 is 0 Å². The van der Waals surface area contributed by atoms with Crippen molar-refractivity contribution in [3.63, 3.8) is 0 Å². The van der Waals surface area contributed by atoms with E-state index in [9.17, 15) is 8.78 Å². The highest BCUT2D eigenvalue weighted by molar-refractivity contribution is 6.08. The van der Waals surface area contributed by atoms with E-state index in [0.29, 0.717) is 0 Å². The lowest BCUT2D eigenvalue weighted by molar-refractivity contribution is 0.627. The average Bonchev–Trinajstić information content (AvgIpc) is 2.83. The fourth-order valence-corrected chi connectivity index (χ4v) is 3.85. The van der Waals surface area contributed by atoms with Gasteiger partial charge in [0.1, 0.15) is 11.6 Å². The van der Waals surface area contributed by atoms with Crippen molar-refractivity contribution in [3.8, 4) is 0 Å². The minimum absolute atomic E-state index is 0.228. The molecule has 32 heavy (non-hydrogen) atoms. The van der Waals surface area contributed by atoms with Gasteiger partial charge in [0.25, 0.3) is 0 Å². The molecule has 0 atom stereocenters. The first-order valence-electron chi connectivity index (χ1n) is 10.5. The summed E-state index contributed by atoms with van der Waals surface area (Å²) in [6, 6.07) is 30.0. The topological polar surface area (TPSA) is 0 Å². The van der Waals surface area contributed by atoms with E-state index < -0.39 is 0 Å². The lowest BCUT2D eigenvalue weighted by Crippen LogP contribution is -1.81. The van der Waals surface area contributed by atoms with Crippen molar-refractivity contribution in [2.24, 2.45) is 0 Å². The molecule has 0 saturated heterocycles. The maximum absolute atomic E-state index is 13.1. The van der Waals surface area contributed by atoms with Crippen molar-refractivity contribution in [1.82, 2.24) is 0 Å². The molecule has 0 fully saturated rings. The molecule has 0 aliphatic heterocycles. The summed E-state index contributed by atoms with van der Waals surface area (Å²) in [4.78, 5) is 0. The lowest BCUT2D eigenvalue weighted by Gasteiger charge is -2.06. The van der Waals surface area contributed by atoms with E-state index in [4.69, 9.17) is 0 Å². The van der Waals surface area contributed by atoms with Gasteiger partial charge in [0.2, 0.25) is 0 Å². The number of hydrogen-bond acceptors (Lipinski definition) is 0. The molecular weight excluding hydrogens is 398 g/mol. The van der Waals surface area contributed by atoms with Gasteiger partial charge in [-0.3, -0.25) is 0 Å². The van der Waals surface area contributed by atoms with Crippen molar-refractivity contribution in [3.05, 3.63) is 131 Å². The van der Waals surface area contributed by atoms with Crippen molar-refractivity contribution in [1.29, 1.82) is 0 Å². The van der Waals surface area contributed by atoms with E-state index in [0.717, 1.165) is 22.3 Å². The summed E-state index contributed by atoms with van der Waals surface area (Å²) in [6.07, 6.45) is 8.06. The molecule has 0 aliphatic carbocycles.